The SMILES string of the molecule is NC(=O)CCC(N)C(=O)N1CCCC1C(=O)NC(Cc1ccc(O)cc1)C(=O)NC(CS)C(=O)O. The zero-order chi connectivity index (χ0) is 26.1. The molecule has 1 aliphatic rings. The van der Waals surface area contributed by atoms with E-state index in [1.54, 1.807) is 12.1 Å². The summed E-state index contributed by atoms with van der Waals surface area (Å²) >= 11 is 3.94. The fourth-order valence-electron chi connectivity index (χ4n) is 3.74. The van der Waals surface area contributed by atoms with Crippen molar-refractivity contribution in [2.75, 3.05) is 12.3 Å². The minimum Gasteiger partial charge on any atom is -0.508 e. The molecule has 1 aromatic rings. The third-order valence-corrected chi connectivity index (χ3v) is 6.03. The Kier molecular flexibility index (Phi) is 10.3. The van der Waals surface area contributed by atoms with Gasteiger partial charge in [-0.1, -0.05) is 12.1 Å². The lowest BCUT2D eigenvalue weighted by molar-refractivity contribution is -0.142. The second kappa shape index (κ2) is 13.0. The third kappa shape index (κ3) is 8.14. The van der Waals surface area contributed by atoms with Crippen LogP contribution in [0, 0.1) is 0 Å². The molecule has 1 aliphatic heterocycles. The zero-order valence-corrected chi connectivity index (χ0v) is 19.9. The maximum atomic E-state index is 13.1. The quantitative estimate of drug-likeness (QED) is 0.165. The molecule has 0 bridgehead atoms. The molecule has 12 nitrogen and oxygen atoms in total. The van der Waals surface area contributed by atoms with Crippen molar-refractivity contribution in [3.8, 4) is 5.75 Å². The number of phenolic OH excluding ortho intramolecular Hbond substituents is 1. The number of carbonyl (C=O) groups is 5. The van der Waals surface area contributed by atoms with Crippen molar-refractivity contribution in [1.82, 2.24) is 15.5 Å². The molecular weight excluding hydrogens is 478 g/mol. The highest BCUT2D eigenvalue weighted by Crippen LogP contribution is 2.20. The molecule has 1 fully saturated rings. The van der Waals surface area contributed by atoms with Gasteiger partial charge < -0.3 is 37.2 Å². The van der Waals surface area contributed by atoms with Gasteiger partial charge in [-0.05, 0) is 37.0 Å². The van der Waals surface area contributed by atoms with Gasteiger partial charge in [-0.25, -0.2) is 4.79 Å². The number of nitrogens with two attached hydrogens (primary N) is 2. The highest BCUT2D eigenvalue weighted by Gasteiger charge is 2.38. The van der Waals surface area contributed by atoms with Crippen molar-refractivity contribution in [3.63, 3.8) is 0 Å². The Hall–Kier alpha value is -3.32. The molecule has 0 radical (unpaired) electrons. The number of carboxylic acid groups (broad SMARTS) is 1. The number of likely N-dealkylation sites (tertiary alicyclic amines) is 1. The molecule has 0 aromatic heterocycles. The van der Waals surface area contributed by atoms with E-state index in [0.717, 1.165) is 0 Å². The van der Waals surface area contributed by atoms with Crippen molar-refractivity contribution >= 4 is 42.2 Å². The lowest BCUT2D eigenvalue weighted by Gasteiger charge is -2.28. The Bertz CT molecular complexity index is 943. The summed E-state index contributed by atoms with van der Waals surface area (Å²) in [6, 6.07) is 1.68. The number of rotatable bonds is 12. The Morgan fingerprint density at radius 3 is 2.34 bits per heavy atom. The predicted molar refractivity (Wildman–Crippen MR) is 128 cm³/mol. The molecule has 4 unspecified atom stereocenters. The highest BCUT2D eigenvalue weighted by atomic mass is 32.1. The normalized spacial score (nSPS) is 17.8. The van der Waals surface area contributed by atoms with Gasteiger partial charge in [-0.15, -0.1) is 0 Å². The molecule has 0 aliphatic carbocycles. The van der Waals surface area contributed by atoms with Crippen LogP contribution in [0.5, 0.6) is 5.75 Å². The van der Waals surface area contributed by atoms with Crippen LogP contribution in [0.25, 0.3) is 0 Å². The van der Waals surface area contributed by atoms with Gasteiger partial charge in [0.25, 0.3) is 0 Å². The standard InChI is InChI=1S/C22H31N5O7S/c23-14(7-8-18(24)29)21(32)27-9-1-2-17(27)20(31)25-15(10-12-3-5-13(28)6-4-12)19(30)26-16(11-35)22(33)34/h3-6,14-17,28,35H,1-2,7-11,23H2,(H2,24,29)(H,25,31)(H,26,30)(H,33,34). The smallest absolute Gasteiger partial charge is 0.327 e. The van der Waals surface area contributed by atoms with Gasteiger partial charge in [-0.2, -0.15) is 12.6 Å². The summed E-state index contributed by atoms with van der Waals surface area (Å²) in [4.78, 5) is 62.4. The minimum atomic E-state index is -1.28. The number of carboxylic acids is 1. The van der Waals surface area contributed by atoms with Crippen LogP contribution in [0.4, 0.5) is 0 Å². The average molecular weight is 510 g/mol. The van der Waals surface area contributed by atoms with Crippen molar-refractivity contribution in [1.29, 1.82) is 0 Å². The van der Waals surface area contributed by atoms with Gasteiger partial charge in [0.1, 0.15) is 23.9 Å². The van der Waals surface area contributed by atoms with Crippen LogP contribution in [-0.2, 0) is 30.4 Å². The molecular formula is C22H31N5O7S. The van der Waals surface area contributed by atoms with E-state index in [0.29, 0.717) is 18.4 Å². The number of phenols is 1. The average Bonchev–Trinajstić information content (AvgIpc) is 3.31. The second-order valence-corrected chi connectivity index (χ2v) is 8.68. The number of nitrogens with zero attached hydrogens (tertiary/aromatic N) is 1. The molecule has 8 N–H and O–H groups in total. The van der Waals surface area contributed by atoms with E-state index in [2.05, 4.69) is 23.3 Å². The first kappa shape index (κ1) is 27.9. The summed E-state index contributed by atoms with van der Waals surface area (Å²) in [5, 5.41) is 23.7. The number of benzene rings is 1. The van der Waals surface area contributed by atoms with Crippen LogP contribution in [0.2, 0.25) is 0 Å². The minimum absolute atomic E-state index is 0.00948. The number of thiol groups is 1. The zero-order valence-electron chi connectivity index (χ0n) is 19.1. The van der Waals surface area contributed by atoms with Crippen molar-refractivity contribution < 1.29 is 34.2 Å². The summed E-state index contributed by atoms with van der Waals surface area (Å²) in [5.41, 5.74) is 11.6. The summed E-state index contributed by atoms with van der Waals surface area (Å²) < 4.78 is 0. The van der Waals surface area contributed by atoms with E-state index in [-0.39, 0.29) is 37.3 Å². The van der Waals surface area contributed by atoms with Crippen LogP contribution in [0.1, 0.15) is 31.2 Å². The topological polar surface area (TPSA) is 205 Å². The van der Waals surface area contributed by atoms with E-state index in [4.69, 9.17) is 11.5 Å². The number of carbonyl (C=O) groups excluding carboxylic acids is 4. The molecule has 0 saturated carbocycles. The first-order valence-electron chi connectivity index (χ1n) is 11.1. The van der Waals surface area contributed by atoms with E-state index in [1.165, 1.54) is 17.0 Å². The molecule has 2 rings (SSSR count). The molecule has 4 amide bonds. The van der Waals surface area contributed by atoms with Gasteiger partial charge in [-0.3, -0.25) is 19.2 Å². The number of nitrogens with one attached hydrogen (secondary N) is 2. The largest absolute Gasteiger partial charge is 0.508 e. The van der Waals surface area contributed by atoms with Crippen molar-refractivity contribution in [2.45, 2.75) is 56.3 Å². The summed E-state index contributed by atoms with van der Waals surface area (Å²) in [6.45, 7) is 0.288. The van der Waals surface area contributed by atoms with Crippen LogP contribution in [0.15, 0.2) is 24.3 Å². The van der Waals surface area contributed by atoms with Crippen molar-refractivity contribution in [2.24, 2.45) is 11.5 Å². The fourth-order valence-corrected chi connectivity index (χ4v) is 3.99. The van der Waals surface area contributed by atoms with E-state index in [1.807, 2.05) is 0 Å². The lowest BCUT2D eigenvalue weighted by Crippen LogP contribution is -2.57. The van der Waals surface area contributed by atoms with Crippen LogP contribution >= 0.6 is 12.6 Å². The number of aliphatic carboxylic acids is 1. The van der Waals surface area contributed by atoms with Crippen LogP contribution in [-0.4, -0.2) is 81.2 Å². The van der Waals surface area contributed by atoms with Gasteiger partial charge in [0, 0.05) is 25.1 Å². The fraction of sp³-hybridized carbons (Fsp3) is 0.500. The number of hydrogen-bond acceptors (Lipinski definition) is 8. The second-order valence-electron chi connectivity index (χ2n) is 8.31. The van der Waals surface area contributed by atoms with Gasteiger partial charge in [0.15, 0.2) is 0 Å². The number of aromatic hydroxyl groups is 1. The lowest BCUT2D eigenvalue weighted by atomic mass is 10.0. The van der Waals surface area contributed by atoms with Gasteiger partial charge in [0.05, 0.1) is 6.04 Å². The molecule has 192 valence electrons. The van der Waals surface area contributed by atoms with Crippen LogP contribution in [0.3, 0.4) is 0 Å². The maximum absolute atomic E-state index is 13.1. The Labute approximate surface area is 207 Å². The molecule has 35 heavy (non-hydrogen) atoms. The predicted octanol–water partition coefficient (Wildman–Crippen LogP) is -1.50. The Balaban J connectivity index is 2.16. The van der Waals surface area contributed by atoms with E-state index >= 15 is 0 Å². The molecule has 1 heterocycles. The summed E-state index contributed by atoms with van der Waals surface area (Å²) in [5.74, 6) is -3.82. The maximum Gasteiger partial charge on any atom is 0.327 e. The molecule has 0 spiro atoms. The molecule has 13 heteroatoms. The van der Waals surface area contributed by atoms with E-state index in [9.17, 15) is 34.2 Å². The first-order chi connectivity index (χ1) is 16.5. The first-order valence-corrected chi connectivity index (χ1v) is 11.7. The summed E-state index contributed by atoms with van der Waals surface area (Å²) in [6.07, 6.45) is 0.882. The Morgan fingerprint density at radius 2 is 1.77 bits per heavy atom. The monoisotopic (exact) mass is 509 g/mol. The van der Waals surface area contributed by atoms with Gasteiger partial charge in [0.2, 0.25) is 23.6 Å². The number of hydrogen-bond donors (Lipinski definition) is 7. The van der Waals surface area contributed by atoms with Gasteiger partial charge >= 0.3 is 5.97 Å². The molecule has 1 saturated heterocycles. The highest BCUT2D eigenvalue weighted by molar-refractivity contribution is 7.80. The number of primary amides is 1. The van der Waals surface area contributed by atoms with Crippen LogP contribution < -0.4 is 22.1 Å². The third-order valence-electron chi connectivity index (χ3n) is 5.66. The molecule has 1 aromatic carbocycles. The Morgan fingerprint density at radius 1 is 1.11 bits per heavy atom. The summed E-state index contributed by atoms with van der Waals surface area (Å²) in [7, 11) is 0. The number of amides is 4. The van der Waals surface area contributed by atoms with E-state index < -0.39 is 53.8 Å². The van der Waals surface area contributed by atoms with Crippen molar-refractivity contribution in [3.05, 3.63) is 29.8 Å². The molecule has 4 atom stereocenters.